The molecule has 0 saturated carbocycles. The van der Waals surface area contributed by atoms with Crippen molar-refractivity contribution < 1.29 is 9.47 Å². The van der Waals surface area contributed by atoms with E-state index in [4.69, 9.17) is 14.5 Å². The van der Waals surface area contributed by atoms with Gasteiger partial charge >= 0.3 is 0 Å². The number of aliphatic imine (C=N–C) groups is 1. The molecule has 2 heterocycles. The van der Waals surface area contributed by atoms with Gasteiger partial charge in [-0.3, -0.25) is 4.90 Å². The largest absolute Gasteiger partial charge is 0.378 e. The number of nitrogens with one attached hydrogen (secondary N) is 1. The lowest BCUT2D eigenvalue weighted by Gasteiger charge is -2.34. The van der Waals surface area contributed by atoms with Crippen molar-refractivity contribution in [3.8, 4) is 0 Å². The number of benzene rings is 1. The number of hydrogen-bond donors (Lipinski definition) is 1. The van der Waals surface area contributed by atoms with Crippen LogP contribution in [0.2, 0.25) is 0 Å². The van der Waals surface area contributed by atoms with Crippen LogP contribution in [0, 0.1) is 0 Å². The van der Waals surface area contributed by atoms with Crippen molar-refractivity contribution in [2.75, 3.05) is 45.9 Å². The van der Waals surface area contributed by atoms with Crippen LogP contribution in [0.4, 0.5) is 0 Å². The number of rotatable bonds is 7. The fourth-order valence-electron chi connectivity index (χ4n) is 4.18. The topological polar surface area (TPSA) is 49.3 Å². The lowest BCUT2D eigenvalue weighted by molar-refractivity contribution is -0.0212. The highest BCUT2D eigenvalue weighted by Gasteiger charge is 2.21. The predicted molar refractivity (Wildman–Crippen MR) is 134 cm³/mol. The molecule has 0 aromatic heterocycles. The van der Waals surface area contributed by atoms with E-state index in [1.54, 1.807) is 0 Å². The van der Waals surface area contributed by atoms with E-state index in [0.29, 0.717) is 18.8 Å². The van der Waals surface area contributed by atoms with Crippen LogP contribution in [0.1, 0.15) is 44.7 Å². The molecule has 0 radical (unpaired) electrons. The quantitative estimate of drug-likeness (QED) is 0.333. The van der Waals surface area contributed by atoms with Gasteiger partial charge in [-0.2, -0.15) is 0 Å². The number of hydrogen-bond acceptors (Lipinski definition) is 4. The Labute approximate surface area is 199 Å². The van der Waals surface area contributed by atoms with Crippen molar-refractivity contribution >= 4 is 29.9 Å². The van der Waals surface area contributed by atoms with Gasteiger partial charge < -0.3 is 19.7 Å². The lowest BCUT2D eigenvalue weighted by Crippen LogP contribution is -2.47. The van der Waals surface area contributed by atoms with Gasteiger partial charge in [-0.15, -0.1) is 24.0 Å². The number of piperidine rings is 1. The maximum Gasteiger partial charge on any atom is 0.194 e. The minimum atomic E-state index is 0. The average molecular weight is 530 g/mol. The van der Waals surface area contributed by atoms with Gasteiger partial charge in [0.2, 0.25) is 0 Å². The van der Waals surface area contributed by atoms with E-state index in [9.17, 15) is 0 Å². The molecule has 0 aliphatic carbocycles. The van der Waals surface area contributed by atoms with Gasteiger partial charge in [0.05, 0.1) is 25.4 Å². The molecule has 2 fully saturated rings. The van der Waals surface area contributed by atoms with Crippen molar-refractivity contribution in [3.63, 3.8) is 0 Å². The lowest BCUT2D eigenvalue weighted by atomic mass is 10.1. The summed E-state index contributed by atoms with van der Waals surface area (Å²) in [6, 6.07) is 8.86. The molecule has 1 N–H and O–H groups in total. The Morgan fingerprint density at radius 1 is 1.20 bits per heavy atom. The minimum Gasteiger partial charge on any atom is -0.378 e. The molecule has 7 heteroatoms. The summed E-state index contributed by atoms with van der Waals surface area (Å²) >= 11 is 0. The molecule has 2 saturated heterocycles. The van der Waals surface area contributed by atoms with Crippen LogP contribution in [0.25, 0.3) is 0 Å². The molecule has 1 aromatic rings. The molecular weight excluding hydrogens is 491 g/mol. The van der Waals surface area contributed by atoms with Gasteiger partial charge in [-0.05, 0) is 44.7 Å². The van der Waals surface area contributed by atoms with E-state index in [1.165, 1.54) is 11.1 Å². The number of guanidine groups is 1. The van der Waals surface area contributed by atoms with E-state index < -0.39 is 0 Å². The molecule has 2 aliphatic heterocycles. The van der Waals surface area contributed by atoms with Crippen LogP contribution in [-0.4, -0.2) is 73.9 Å². The molecule has 6 nitrogen and oxygen atoms in total. The van der Waals surface area contributed by atoms with E-state index in [-0.39, 0.29) is 24.0 Å². The normalized spacial score (nSPS) is 21.4. The van der Waals surface area contributed by atoms with Gasteiger partial charge in [-0.25, -0.2) is 4.99 Å². The Hall–Kier alpha value is -0.900. The smallest absolute Gasteiger partial charge is 0.194 e. The molecule has 0 spiro atoms. The summed E-state index contributed by atoms with van der Waals surface area (Å²) in [5.41, 5.74) is 2.62. The van der Waals surface area contributed by atoms with Crippen LogP contribution in [-0.2, 0) is 22.6 Å². The molecule has 2 aliphatic rings. The Bertz CT molecular complexity index is 650. The number of morpholine rings is 1. The van der Waals surface area contributed by atoms with E-state index >= 15 is 0 Å². The Morgan fingerprint density at radius 2 is 1.97 bits per heavy atom. The predicted octanol–water partition coefficient (Wildman–Crippen LogP) is 3.49. The molecule has 170 valence electrons. The third-order valence-corrected chi connectivity index (χ3v) is 5.61. The SMILES string of the molecule is CCNC(=NCc1cccc(CN2CCOC(C)C2)c1)N1CCC(OCC)CC1.I. The molecule has 1 atom stereocenters. The fraction of sp³-hybridized carbons (Fsp3) is 0.696. The van der Waals surface area contributed by atoms with Crippen molar-refractivity contribution in [2.24, 2.45) is 4.99 Å². The molecule has 1 unspecified atom stereocenters. The van der Waals surface area contributed by atoms with Crippen LogP contribution in [0.5, 0.6) is 0 Å². The fourth-order valence-corrected chi connectivity index (χ4v) is 4.18. The summed E-state index contributed by atoms with van der Waals surface area (Å²) in [6.45, 7) is 14.6. The number of halogens is 1. The van der Waals surface area contributed by atoms with Crippen LogP contribution in [0.3, 0.4) is 0 Å². The second kappa shape index (κ2) is 13.5. The van der Waals surface area contributed by atoms with Gasteiger partial charge in [0.1, 0.15) is 0 Å². The third kappa shape index (κ3) is 7.98. The van der Waals surface area contributed by atoms with Crippen molar-refractivity contribution in [3.05, 3.63) is 35.4 Å². The summed E-state index contributed by atoms with van der Waals surface area (Å²) in [5.74, 6) is 1.02. The zero-order valence-corrected chi connectivity index (χ0v) is 21.1. The Balaban J connectivity index is 0.00000320. The first-order valence-electron chi connectivity index (χ1n) is 11.2. The molecule has 0 bridgehead atoms. The Morgan fingerprint density at radius 3 is 2.67 bits per heavy atom. The van der Waals surface area contributed by atoms with Crippen LogP contribution >= 0.6 is 24.0 Å². The highest BCUT2D eigenvalue weighted by Crippen LogP contribution is 2.15. The van der Waals surface area contributed by atoms with E-state index in [1.807, 2.05) is 0 Å². The first kappa shape index (κ1) is 25.4. The number of likely N-dealkylation sites (tertiary alicyclic amines) is 1. The monoisotopic (exact) mass is 530 g/mol. The van der Waals surface area contributed by atoms with Crippen LogP contribution < -0.4 is 5.32 Å². The van der Waals surface area contributed by atoms with Gasteiger partial charge in [0.15, 0.2) is 5.96 Å². The summed E-state index contributed by atoms with van der Waals surface area (Å²) < 4.78 is 11.4. The summed E-state index contributed by atoms with van der Waals surface area (Å²) in [4.78, 5) is 9.78. The Kier molecular flexibility index (Phi) is 11.4. The van der Waals surface area contributed by atoms with Gasteiger partial charge in [0.25, 0.3) is 0 Å². The zero-order chi connectivity index (χ0) is 20.5. The minimum absolute atomic E-state index is 0. The number of ether oxygens (including phenoxy) is 2. The summed E-state index contributed by atoms with van der Waals surface area (Å²) in [7, 11) is 0. The van der Waals surface area contributed by atoms with E-state index in [2.05, 4.69) is 60.2 Å². The molecule has 3 rings (SSSR count). The van der Waals surface area contributed by atoms with Gasteiger partial charge in [0, 0.05) is 45.9 Å². The zero-order valence-electron chi connectivity index (χ0n) is 18.8. The highest BCUT2D eigenvalue weighted by atomic mass is 127. The maximum atomic E-state index is 5.78. The van der Waals surface area contributed by atoms with Crippen molar-refractivity contribution in [1.82, 2.24) is 15.1 Å². The summed E-state index contributed by atoms with van der Waals surface area (Å²) in [5, 5.41) is 3.47. The average Bonchev–Trinajstić information content (AvgIpc) is 2.72. The molecule has 1 aromatic carbocycles. The van der Waals surface area contributed by atoms with Crippen molar-refractivity contribution in [1.29, 1.82) is 0 Å². The summed E-state index contributed by atoms with van der Waals surface area (Å²) in [6.07, 6.45) is 2.88. The second-order valence-corrected chi connectivity index (χ2v) is 8.05. The standard InChI is InChI=1S/C23H38N4O2.HI/c1-4-24-23(27-11-9-22(10-12-27)28-5-2)25-16-20-7-6-8-21(15-20)18-26-13-14-29-19(3)17-26;/h6-8,15,19,22H,4-5,9-14,16-18H2,1-3H3,(H,24,25);1H. The maximum absolute atomic E-state index is 5.78. The van der Waals surface area contributed by atoms with Crippen molar-refractivity contribution in [2.45, 2.75) is 58.9 Å². The first-order chi connectivity index (χ1) is 14.2. The second-order valence-electron chi connectivity index (χ2n) is 8.05. The van der Waals surface area contributed by atoms with Crippen LogP contribution in [0.15, 0.2) is 29.3 Å². The van der Waals surface area contributed by atoms with Gasteiger partial charge in [-0.1, -0.05) is 24.3 Å². The number of nitrogens with zero attached hydrogens (tertiary/aromatic N) is 3. The highest BCUT2D eigenvalue weighted by molar-refractivity contribution is 14.0. The third-order valence-electron chi connectivity index (χ3n) is 5.61. The molecule has 0 amide bonds. The van der Waals surface area contributed by atoms with E-state index in [0.717, 1.165) is 71.3 Å². The first-order valence-corrected chi connectivity index (χ1v) is 11.2. The molecular formula is C23H39IN4O2. The molecule has 30 heavy (non-hydrogen) atoms.